The third-order valence-electron chi connectivity index (χ3n) is 4.45. The number of carbonyl (C=O) groups excluding carboxylic acids is 1. The summed E-state index contributed by atoms with van der Waals surface area (Å²) in [6, 6.07) is 9.73. The van der Waals surface area contributed by atoms with E-state index in [0.717, 1.165) is 41.5 Å². The number of aryl methyl sites for hydroxylation is 1. The number of nitrogens with zero attached hydrogens (tertiary/aromatic N) is 2. The zero-order valence-electron chi connectivity index (χ0n) is 15.0. The molecule has 0 aliphatic heterocycles. The average Bonchev–Trinajstić information content (AvgIpc) is 3.07. The van der Waals surface area contributed by atoms with Crippen LogP contribution in [-0.2, 0) is 6.54 Å². The van der Waals surface area contributed by atoms with Crippen molar-refractivity contribution in [1.29, 1.82) is 0 Å². The SMILES string of the molecule is CCCN(CCC)C(=O)c1cc2c(=O)n(CC)c3ccccc3c2s1. The Morgan fingerprint density at radius 1 is 1.08 bits per heavy atom. The van der Waals surface area contributed by atoms with Crippen LogP contribution in [0.1, 0.15) is 43.3 Å². The van der Waals surface area contributed by atoms with Gasteiger partial charge in [0.15, 0.2) is 0 Å². The van der Waals surface area contributed by atoms with E-state index in [9.17, 15) is 9.59 Å². The van der Waals surface area contributed by atoms with Gasteiger partial charge in [0, 0.05) is 29.7 Å². The van der Waals surface area contributed by atoms with Crippen molar-refractivity contribution in [2.45, 2.75) is 40.2 Å². The highest BCUT2D eigenvalue weighted by Gasteiger charge is 2.20. The van der Waals surface area contributed by atoms with Crippen molar-refractivity contribution >= 4 is 38.2 Å². The van der Waals surface area contributed by atoms with Crippen LogP contribution in [-0.4, -0.2) is 28.5 Å². The van der Waals surface area contributed by atoms with Crippen LogP contribution in [0.5, 0.6) is 0 Å². The Labute approximate surface area is 151 Å². The number of benzene rings is 1. The Balaban J connectivity index is 2.20. The second kappa shape index (κ2) is 7.40. The Morgan fingerprint density at radius 3 is 2.40 bits per heavy atom. The molecular formula is C20H24N2O2S. The minimum atomic E-state index is -0.0102. The molecule has 3 aromatic rings. The molecule has 132 valence electrons. The van der Waals surface area contributed by atoms with Crippen LogP contribution in [0.3, 0.4) is 0 Å². The molecule has 5 heteroatoms. The summed E-state index contributed by atoms with van der Waals surface area (Å²) < 4.78 is 2.70. The second-order valence-corrected chi connectivity index (χ2v) is 7.26. The molecule has 0 saturated heterocycles. The van der Waals surface area contributed by atoms with Gasteiger partial charge in [-0.3, -0.25) is 9.59 Å². The number of carbonyl (C=O) groups is 1. The molecule has 3 rings (SSSR count). The van der Waals surface area contributed by atoms with Gasteiger partial charge in [-0.1, -0.05) is 32.0 Å². The highest BCUT2D eigenvalue weighted by atomic mass is 32.1. The van der Waals surface area contributed by atoms with E-state index >= 15 is 0 Å². The first kappa shape index (κ1) is 17.7. The minimum absolute atomic E-state index is 0.0102. The van der Waals surface area contributed by atoms with Gasteiger partial charge >= 0.3 is 0 Å². The molecule has 2 aromatic heterocycles. The van der Waals surface area contributed by atoms with Crippen molar-refractivity contribution in [3.8, 4) is 0 Å². The fourth-order valence-electron chi connectivity index (χ4n) is 3.34. The van der Waals surface area contributed by atoms with Crippen molar-refractivity contribution in [3.63, 3.8) is 0 Å². The molecule has 0 N–H and O–H groups in total. The van der Waals surface area contributed by atoms with Crippen molar-refractivity contribution in [1.82, 2.24) is 9.47 Å². The van der Waals surface area contributed by atoms with E-state index in [1.165, 1.54) is 11.3 Å². The van der Waals surface area contributed by atoms with E-state index in [1.807, 2.05) is 36.1 Å². The van der Waals surface area contributed by atoms with Gasteiger partial charge in [-0.05, 0) is 31.9 Å². The maximum atomic E-state index is 12.9. The number of rotatable bonds is 6. The minimum Gasteiger partial charge on any atom is -0.338 e. The largest absolute Gasteiger partial charge is 0.338 e. The van der Waals surface area contributed by atoms with Crippen LogP contribution < -0.4 is 5.56 Å². The van der Waals surface area contributed by atoms with E-state index in [2.05, 4.69) is 13.8 Å². The lowest BCUT2D eigenvalue weighted by molar-refractivity contribution is 0.0760. The molecule has 0 radical (unpaired) electrons. The molecule has 0 saturated carbocycles. The number of amides is 1. The highest BCUT2D eigenvalue weighted by molar-refractivity contribution is 7.21. The summed E-state index contributed by atoms with van der Waals surface area (Å²) in [4.78, 5) is 28.4. The summed E-state index contributed by atoms with van der Waals surface area (Å²) in [5.41, 5.74) is 0.923. The van der Waals surface area contributed by atoms with E-state index < -0.39 is 0 Å². The monoisotopic (exact) mass is 356 g/mol. The van der Waals surface area contributed by atoms with E-state index in [1.54, 1.807) is 10.6 Å². The molecular weight excluding hydrogens is 332 g/mol. The van der Waals surface area contributed by atoms with Crippen LogP contribution in [0.25, 0.3) is 21.0 Å². The molecule has 1 amide bonds. The number of para-hydroxylation sites is 1. The van der Waals surface area contributed by atoms with Crippen molar-refractivity contribution in [2.75, 3.05) is 13.1 Å². The fraction of sp³-hybridized carbons (Fsp3) is 0.400. The van der Waals surface area contributed by atoms with Gasteiger partial charge in [-0.2, -0.15) is 0 Å². The summed E-state index contributed by atoms with van der Waals surface area (Å²) in [5, 5.41) is 1.70. The third-order valence-corrected chi connectivity index (χ3v) is 5.60. The predicted molar refractivity (Wildman–Crippen MR) is 106 cm³/mol. The second-order valence-electron chi connectivity index (χ2n) is 6.21. The van der Waals surface area contributed by atoms with Gasteiger partial charge in [0.2, 0.25) is 0 Å². The normalized spacial score (nSPS) is 11.3. The maximum Gasteiger partial charge on any atom is 0.263 e. The predicted octanol–water partition coefficient (Wildman–Crippen LogP) is 4.50. The smallest absolute Gasteiger partial charge is 0.263 e. The maximum absolute atomic E-state index is 12.9. The lowest BCUT2D eigenvalue weighted by Gasteiger charge is -2.20. The molecule has 2 heterocycles. The van der Waals surface area contributed by atoms with Gasteiger partial charge in [0.05, 0.1) is 15.8 Å². The molecule has 0 atom stereocenters. The van der Waals surface area contributed by atoms with Crippen LogP contribution in [0.4, 0.5) is 0 Å². The van der Waals surface area contributed by atoms with E-state index in [4.69, 9.17) is 0 Å². The number of thiophene rings is 1. The van der Waals surface area contributed by atoms with E-state index in [0.29, 0.717) is 16.8 Å². The topological polar surface area (TPSA) is 42.3 Å². The number of hydrogen-bond acceptors (Lipinski definition) is 3. The molecule has 0 bridgehead atoms. The standard InChI is InChI=1S/C20H24N2O2S/c1-4-11-21(12-5-2)20(24)17-13-15-18(25-17)14-9-7-8-10-16(14)22(6-3)19(15)23/h7-10,13H,4-6,11-12H2,1-3H3. The van der Waals surface area contributed by atoms with Crippen molar-refractivity contribution < 1.29 is 4.79 Å². The lowest BCUT2D eigenvalue weighted by Crippen LogP contribution is -2.31. The number of pyridine rings is 1. The molecule has 4 nitrogen and oxygen atoms in total. The van der Waals surface area contributed by atoms with Crippen LogP contribution in [0, 0.1) is 0 Å². The molecule has 0 aliphatic rings. The number of hydrogen-bond donors (Lipinski definition) is 0. The zero-order valence-corrected chi connectivity index (χ0v) is 15.9. The van der Waals surface area contributed by atoms with E-state index in [-0.39, 0.29) is 11.5 Å². The average molecular weight is 356 g/mol. The molecule has 25 heavy (non-hydrogen) atoms. The molecule has 0 aliphatic carbocycles. The quantitative estimate of drug-likeness (QED) is 0.653. The summed E-state index contributed by atoms with van der Waals surface area (Å²) in [7, 11) is 0. The number of fused-ring (bicyclic) bond motifs is 3. The highest BCUT2D eigenvalue weighted by Crippen LogP contribution is 2.31. The molecule has 1 aromatic carbocycles. The van der Waals surface area contributed by atoms with Gasteiger partial charge in [0.1, 0.15) is 0 Å². The summed E-state index contributed by atoms with van der Waals surface area (Å²) in [5.74, 6) is 0.0384. The Morgan fingerprint density at radius 2 is 1.76 bits per heavy atom. The van der Waals surface area contributed by atoms with Gasteiger partial charge in [-0.25, -0.2) is 0 Å². The summed E-state index contributed by atoms with van der Waals surface area (Å²) in [6.45, 7) is 8.25. The first-order chi connectivity index (χ1) is 12.1. The lowest BCUT2D eigenvalue weighted by atomic mass is 10.1. The summed E-state index contributed by atoms with van der Waals surface area (Å²) in [6.07, 6.45) is 1.87. The van der Waals surface area contributed by atoms with Crippen LogP contribution in [0.2, 0.25) is 0 Å². The van der Waals surface area contributed by atoms with Crippen molar-refractivity contribution in [3.05, 3.63) is 45.6 Å². The summed E-state index contributed by atoms with van der Waals surface area (Å²) >= 11 is 1.44. The van der Waals surface area contributed by atoms with Gasteiger partial charge in [0.25, 0.3) is 11.5 Å². The Hall–Kier alpha value is -2.14. The van der Waals surface area contributed by atoms with Crippen LogP contribution in [0.15, 0.2) is 35.1 Å². The molecule has 0 spiro atoms. The fourth-order valence-corrected chi connectivity index (χ4v) is 4.49. The Bertz CT molecular complexity index is 965. The molecule has 0 fully saturated rings. The Kier molecular flexibility index (Phi) is 5.23. The van der Waals surface area contributed by atoms with Gasteiger partial charge < -0.3 is 9.47 Å². The van der Waals surface area contributed by atoms with Gasteiger partial charge in [-0.15, -0.1) is 11.3 Å². The third kappa shape index (κ3) is 3.09. The first-order valence-corrected chi connectivity index (χ1v) is 9.78. The number of aromatic nitrogens is 1. The zero-order chi connectivity index (χ0) is 18.0. The first-order valence-electron chi connectivity index (χ1n) is 8.96. The molecule has 0 unspecified atom stereocenters. The van der Waals surface area contributed by atoms with Crippen LogP contribution >= 0.6 is 11.3 Å². The van der Waals surface area contributed by atoms with Crippen molar-refractivity contribution in [2.24, 2.45) is 0 Å².